The van der Waals surface area contributed by atoms with E-state index in [2.05, 4.69) is 15.3 Å². The molecule has 0 unspecified atom stereocenters. The van der Waals surface area contributed by atoms with E-state index in [1.54, 1.807) is 11.3 Å². The van der Waals surface area contributed by atoms with Gasteiger partial charge in [-0.25, -0.2) is 4.98 Å². The molecule has 24 heavy (non-hydrogen) atoms. The lowest BCUT2D eigenvalue weighted by molar-refractivity contribution is -0.133. The first kappa shape index (κ1) is 17.4. The number of thiazole rings is 1. The smallest absolute Gasteiger partial charge is 0.222 e. The normalized spacial score (nSPS) is 15.7. The summed E-state index contributed by atoms with van der Waals surface area (Å²) in [6.45, 7) is 6.33. The largest absolute Gasteiger partial charge is 0.340 e. The van der Waals surface area contributed by atoms with E-state index in [1.807, 2.05) is 36.1 Å². The predicted octanol–water partition coefficient (Wildman–Crippen LogP) is 3.38. The summed E-state index contributed by atoms with van der Waals surface area (Å²) in [5, 5.41) is 3.98. The fourth-order valence-electron chi connectivity index (χ4n) is 2.97. The van der Waals surface area contributed by atoms with Gasteiger partial charge in [-0.3, -0.25) is 9.69 Å². The topological polar surface area (TPSA) is 36.4 Å². The lowest BCUT2D eigenvalue weighted by atomic mass is 10.1. The average Bonchev–Trinajstić information content (AvgIpc) is 2.99. The van der Waals surface area contributed by atoms with Crippen molar-refractivity contribution in [3.8, 4) is 0 Å². The molecule has 0 N–H and O–H groups in total. The molecule has 1 fully saturated rings. The quantitative estimate of drug-likeness (QED) is 0.817. The van der Waals surface area contributed by atoms with E-state index < -0.39 is 0 Å². The fraction of sp³-hybridized carbons (Fsp3) is 0.444. The molecular formula is C18H22ClN3OS. The second-order valence-corrected chi connectivity index (χ2v) is 7.58. The molecule has 1 aromatic carbocycles. The van der Waals surface area contributed by atoms with E-state index in [9.17, 15) is 4.79 Å². The summed E-state index contributed by atoms with van der Waals surface area (Å²) < 4.78 is 0. The number of halogens is 1. The van der Waals surface area contributed by atoms with Gasteiger partial charge in [0, 0.05) is 49.5 Å². The van der Waals surface area contributed by atoms with Gasteiger partial charge in [-0.05, 0) is 25.0 Å². The number of benzene rings is 1. The molecule has 4 nitrogen and oxygen atoms in total. The maximum Gasteiger partial charge on any atom is 0.222 e. The number of hydrogen-bond acceptors (Lipinski definition) is 4. The van der Waals surface area contributed by atoms with E-state index in [1.165, 1.54) is 0 Å². The van der Waals surface area contributed by atoms with Crippen molar-refractivity contribution in [1.82, 2.24) is 14.8 Å². The summed E-state index contributed by atoms with van der Waals surface area (Å²) in [7, 11) is 0. The molecule has 0 radical (unpaired) electrons. The molecule has 3 rings (SSSR count). The van der Waals surface area contributed by atoms with Gasteiger partial charge in [0.2, 0.25) is 5.91 Å². The number of piperazine rings is 1. The molecule has 1 aromatic heterocycles. The third-order valence-electron chi connectivity index (χ3n) is 4.34. The second kappa shape index (κ2) is 8.10. The zero-order valence-electron chi connectivity index (χ0n) is 13.9. The van der Waals surface area contributed by atoms with Crippen LogP contribution in [-0.4, -0.2) is 46.9 Å². The lowest BCUT2D eigenvalue weighted by Crippen LogP contribution is -2.48. The third-order valence-corrected chi connectivity index (χ3v) is 5.53. The number of aryl methyl sites for hydroxylation is 2. The Bertz CT molecular complexity index is 695. The number of carbonyl (C=O) groups excluding carboxylic acids is 1. The summed E-state index contributed by atoms with van der Waals surface area (Å²) in [4.78, 5) is 21.3. The van der Waals surface area contributed by atoms with E-state index in [0.29, 0.717) is 12.8 Å². The molecule has 0 aliphatic carbocycles. The van der Waals surface area contributed by atoms with Gasteiger partial charge in [0.05, 0.1) is 10.7 Å². The van der Waals surface area contributed by atoms with Gasteiger partial charge < -0.3 is 4.90 Å². The minimum absolute atomic E-state index is 0.221. The Morgan fingerprint density at radius 2 is 2.00 bits per heavy atom. The van der Waals surface area contributed by atoms with Gasteiger partial charge in [0.1, 0.15) is 0 Å². The van der Waals surface area contributed by atoms with E-state index in [-0.39, 0.29) is 5.91 Å². The SMILES string of the molecule is Cc1nc(CN2CCN(C(=O)CCc3ccccc3Cl)CC2)cs1. The Morgan fingerprint density at radius 1 is 1.25 bits per heavy atom. The van der Waals surface area contributed by atoms with Crippen molar-refractivity contribution >= 4 is 28.8 Å². The lowest BCUT2D eigenvalue weighted by Gasteiger charge is -2.34. The van der Waals surface area contributed by atoms with Crippen molar-refractivity contribution < 1.29 is 4.79 Å². The monoisotopic (exact) mass is 363 g/mol. The summed E-state index contributed by atoms with van der Waals surface area (Å²) >= 11 is 7.85. The van der Waals surface area contributed by atoms with Gasteiger partial charge in [0.25, 0.3) is 0 Å². The molecule has 2 heterocycles. The number of rotatable bonds is 5. The minimum atomic E-state index is 0.221. The van der Waals surface area contributed by atoms with Crippen LogP contribution >= 0.6 is 22.9 Å². The minimum Gasteiger partial charge on any atom is -0.340 e. The third kappa shape index (κ3) is 4.56. The van der Waals surface area contributed by atoms with Crippen LogP contribution in [0.2, 0.25) is 5.02 Å². The van der Waals surface area contributed by atoms with Crippen LogP contribution < -0.4 is 0 Å². The van der Waals surface area contributed by atoms with Crippen molar-refractivity contribution in [2.75, 3.05) is 26.2 Å². The number of amides is 1. The molecular weight excluding hydrogens is 342 g/mol. The van der Waals surface area contributed by atoms with E-state index in [0.717, 1.165) is 54.0 Å². The Hall–Kier alpha value is -1.43. The number of hydrogen-bond donors (Lipinski definition) is 0. The average molecular weight is 364 g/mol. The number of nitrogens with zero attached hydrogens (tertiary/aromatic N) is 3. The molecule has 1 aliphatic heterocycles. The molecule has 1 amide bonds. The Labute approximate surface area is 152 Å². The zero-order valence-corrected chi connectivity index (χ0v) is 15.4. The van der Waals surface area contributed by atoms with Crippen LogP contribution in [0.4, 0.5) is 0 Å². The number of carbonyl (C=O) groups is 1. The Kier molecular flexibility index (Phi) is 5.87. The van der Waals surface area contributed by atoms with E-state index >= 15 is 0 Å². The van der Waals surface area contributed by atoms with Crippen LogP contribution in [0.25, 0.3) is 0 Å². The van der Waals surface area contributed by atoms with E-state index in [4.69, 9.17) is 11.6 Å². The van der Waals surface area contributed by atoms with Gasteiger partial charge in [-0.1, -0.05) is 29.8 Å². The van der Waals surface area contributed by atoms with Crippen LogP contribution in [0.1, 0.15) is 22.7 Å². The summed E-state index contributed by atoms with van der Waals surface area (Å²) in [5.74, 6) is 0.221. The highest BCUT2D eigenvalue weighted by Gasteiger charge is 2.21. The predicted molar refractivity (Wildman–Crippen MR) is 98.5 cm³/mol. The summed E-state index contributed by atoms with van der Waals surface area (Å²) in [5.41, 5.74) is 2.18. The molecule has 1 saturated heterocycles. The number of aromatic nitrogens is 1. The Morgan fingerprint density at radius 3 is 2.67 bits per heavy atom. The maximum absolute atomic E-state index is 12.4. The van der Waals surface area contributed by atoms with Crippen LogP contribution in [0.5, 0.6) is 0 Å². The van der Waals surface area contributed by atoms with Gasteiger partial charge >= 0.3 is 0 Å². The highest BCUT2D eigenvalue weighted by molar-refractivity contribution is 7.09. The molecule has 1 aliphatic rings. The molecule has 6 heteroatoms. The standard InChI is InChI=1S/C18H22ClN3OS/c1-14-20-16(13-24-14)12-21-8-10-22(11-9-21)18(23)7-6-15-4-2-3-5-17(15)19/h2-5,13H,6-12H2,1H3. The fourth-order valence-corrected chi connectivity index (χ4v) is 3.80. The van der Waals surface area contributed by atoms with Gasteiger partial charge in [-0.2, -0.15) is 0 Å². The van der Waals surface area contributed by atoms with Crippen LogP contribution in [0.3, 0.4) is 0 Å². The summed E-state index contributed by atoms with van der Waals surface area (Å²) in [6, 6.07) is 7.74. The maximum atomic E-state index is 12.4. The van der Waals surface area contributed by atoms with Crippen molar-refractivity contribution in [3.63, 3.8) is 0 Å². The van der Waals surface area contributed by atoms with Crippen molar-refractivity contribution in [2.24, 2.45) is 0 Å². The highest BCUT2D eigenvalue weighted by atomic mass is 35.5. The highest BCUT2D eigenvalue weighted by Crippen LogP contribution is 2.17. The second-order valence-electron chi connectivity index (χ2n) is 6.11. The van der Waals surface area contributed by atoms with Gasteiger partial charge in [-0.15, -0.1) is 11.3 Å². The molecule has 0 saturated carbocycles. The van der Waals surface area contributed by atoms with Crippen molar-refractivity contribution in [3.05, 3.63) is 50.9 Å². The molecule has 2 aromatic rings. The zero-order chi connectivity index (χ0) is 16.9. The molecule has 0 atom stereocenters. The molecule has 128 valence electrons. The van der Waals surface area contributed by atoms with Crippen molar-refractivity contribution in [2.45, 2.75) is 26.3 Å². The first-order chi connectivity index (χ1) is 11.6. The van der Waals surface area contributed by atoms with Gasteiger partial charge in [0.15, 0.2) is 0 Å². The first-order valence-corrected chi connectivity index (χ1v) is 9.52. The summed E-state index contributed by atoms with van der Waals surface area (Å²) in [6.07, 6.45) is 1.23. The van der Waals surface area contributed by atoms with Crippen LogP contribution in [0.15, 0.2) is 29.6 Å². The first-order valence-electron chi connectivity index (χ1n) is 8.26. The van der Waals surface area contributed by atoms with Crippen molar-refractivity contribution in [1.29, 1.82) is 0 Å². The van der Waals surface area contributed by atoms with Crippen LogP contribution in [0, 0.1) is 6.92 Å². The molecule has 0 bridgehead atoms. The Balaban J connectivity index is 1.44. The van der Waals surface area contributed by atoms with Crippen LogP contribution in [-0.2, 0) is 17.8 Å². The molecule has 0 spiro atoms.